The summed E-state index contributed by atoms with van der Waals surface area (Å²) >= 11 is 1.05. The van der Waals surface area contributed by atoms with Crippen LogP contribution in [0, 0.1) is 6.92 Å². The number of aromatic nitrogens is 5. The lowest BCUT2D eigenvalue weighted by atomic mass is 10.0. The Bertz CT molecular complexity index is 920. The molecule has 3 aromatic rings. The Balaban J connectivity index is 1.98. The van der Waals surface area contributed by atoms with E-state index in [4.69, 9.17) is 5.11 Å². The van der Waals surface area contributed by atoms with Crippen LogP contribution >= 0.6 is 11.8 Å². The summed E-state index contributed by atoms with van der Waals surface area (Å²) in [4.78, 5) is 13.6. The van der Waals surface area contributed by atoms with Gasteiger partial charge in [-0.05, 0) is 30.7 Å². The molecule has 2 aromatic heterocycles. The number of nitrogens with zero attached hydrogens (tertiary/aromatic N) is 4. The minimum absolute atomic E-state index is 0.104. The molecule has 4 N–H and O–H groups in total. The summed E-state index contributed by atoms with van der Waals surface area (Å²) in [6.45, 7) is 1.95. The molecule has 0 amide bonds. The van der Waals surface area contributed by atoms with E-state index in [0.717, 1.165) is 28.6 Å². The second-order valence-electron chi connectivity index (χ2n) is 5.34. The first-order valence-electron chi connectivity index (χ1n) is 7.29. The first-order valence-corrected chi connectivity index (χ1v) is 8.28. The van der Waals surface area contributed by atoms with E-state index in [0.29, 0.717) is 22.2 Å². The molecule has 0 bridgehead atoms. The van der Waals surface area contributed by atoms with Gasteiger partial charge in [0.1, 0.15) is 0 Å². The Hall–Kier alpha value is -2.85. The summed E-state index contributed by atoms with van der Waals surface area (Å²) in [5.41, 5.74) is 6.11. The number of hydrogen-bond acceptors (Lipinski definition) is 7. The van der Waals surface area contributed by atoms with Crippen LogP contribution in [0.25, 0.3) is 22.5 Å². The van der Waals surface area contributed by atoms with Crippen molar-refractivity contribution in [3.63, 3.8) is 0 Å². The maximum absolute atomic E-state index is 10.6. The summed E-state index contributed by atoms with van der Waals surface area (Å²) in [7, 11) is 1.86. The van der Waals surface area contributed by atoms with Gasteiger partial charge >= 0.3 is 5.97 Å². The summed E-state index contributed by atoms with van der Waals surface area (Å²) in [5, 5.41) is 30.7. The Kier molecular flexibility index (Phi) is 4.72. The molecule has 0 fully saturated rings. The van der Waals surface area contributed by atoms with Gasteiger partial charge < -0.3 is 10.1 Å². The number of hydrogen-bond donors (Lipinski definition) is 4. The third kappa shape index (κ3) is 3.64. The van der Waals surface area contributed by atoms with E-state index < -0.39 is 5.97 Å². The minimum Gasteiger partial charge on any atom is -0.481 e. The predicted molar refractivity (Wildman–Crippen MR) is 92.5 cm³/mol. The summed E-state index contributed by atoms with van der Waals surface area (Å²) in [6.07, 6.45) is 1.75. The molecular weight excluding hydrogens is 344 g/mol. The predicted octanol–water partition coefficient (Wildman–Crippen LogP) is 2.16. The molecule has 0 aliphatic rings. The lowest BCUT2D eigenvalue weighted by Crippen LogP contribution is -1.97. The van der Waals surface area contributed by atoms with Crippen LogP contribution in [-0.4, -0.2) is 47.0 Å². The van der Waals surface area contributed by atoms with E-state index in [1.54, 1.807) is 23.0 Å². The van der Waals surface area contributed by atoms with Crippen LogP contribution in [0.5, 0.6) is 0 Å². The molecule has 0 radical (unpaired) electrons. The first-order chi connectivity index (χ1) is 12.0. The number of H-pyrrole nitrogens is 1. The first kappa shape index (κ1) is 17.0. The maximum Gasteiger partial charge on any atom is 0.313 e. The normalized spacial score (nSPS) is 10.8. The smallest absolute Gasteiger partial charge is 0.313 e. The van der Waals surface area contributed by atoms with Gasteiger partial charge in [-0.2, -0.15) is 5.10 Å². The quantitative estimate of drug-likeness (QED) is 0.389. The van der Waals surface area contributed by atoms with Crippen LogP contribution in [0.2, 0.25) is 0 Å². The van der Waals surface area contributed by atoms with E-state index in [1.165, 1.54) is 0 Å². The highest BCUT2D eigenvalue weighted by Gasteiger charge is 2.13. The molecule has 130 valence electrons. The number of aryl methyl sites for hydroxylation is 1. The molecule has 1 aromatic carbocycles. The molecule has 10 heteroatoms. The van der Waals surface area contributed by atoms with E-state index in [9.17, 15) is 10.0 Å². The van der Waals surface area contributed by atoms with Gasteiger partial charge in [-0.15, -0.1) is 10.2 Å². The van der Waals surface area contributed by atoms with Gasteiger partial charge in [-0.1, -0.05) is 11.8 Å². The van der Waals surface area contributed by atoms with Crippen molar-refractivity contribution in [3.05, 3.63) is 30.1 Å². The van der Waals surface area contributed by atoms with Crippen molar-refractivity contribution in [3.8, 4) is 22.5 Å². The van der Waals surface area contributed by atoms with Crippen molar-refractivity contribution in [1.29, 1.82) is 0 Å². The van der Waals surface area contributed by atoms with Gasteiger partial charge in [-0.3, -0.25) is 20.2 Å². The molecule has 0 spiro atoms. The van der Waals surface area contributed by atoms with Crippen molar-refractivity contribution in [2.45, 2.75) is 12.1 Å². The highest BCUT2D eigenvalue weighted by Crippen LogP contribution is 2.31. The molecule has 0 aliphatic heterocycles. The van der Waals surface area contributed by atoms with Gasteiger partial charge in [-0.25, -0.2) is 0 Å². The number of rotatable bonds is 6. The summed E-state index contributed by atoms with van der Waals surface area (Å²) in [5.74, 6) is -0.552. The summed E-state index contributed by atoms with van der Waals surface area (Å²) in [6, 6.07) is 5.41. The number of nitrogens with one attached hydrogen (secondary N) is 2. The molecule has 9 nitrogen and oxygen atoms in total. The second-order valence-corrected chi connectivity index (χ2v) is 6.30. The van der Waals surface area contributed by atoms with E-state index in [-0.39, 0.29) is 5.75 Å². The number of benzene rings is 1. The van der Waals surface area contributed by atoms with Crippen LogP contribution in [0.3, 0.4) is 0 Å². The fourth-order valence-electron chi connectivity index (χ4n) is 2.34. The van der Waals surface area contributed by atoms with Crippen LogP contribution in [-0.2, 0) is 11.8 Å². The van der Waals surface area contributed by atoms with Crippen LogP contribution in [0.4, 0.5) is 5.69 Å². The Labute approximate surface area is 147 Å². The number of thioether (sulfide) groups is 1. The van der Waals surface area contributed by atoms with Crippen molar-refractivity contribution < 1.29 is 15.1 Å². The number of carboxylic acids is 1. The van der Waals surface area contributed by atoms with Crippen molar-refractivity contribution in [1.82, 2.24) is 25.0 Å². The Morgan fingerprint density at radius 2 is 2.08 bits per heavy atom. The van der Waals surface area contributed by atoms with Crippen LogP contribution in [0.15, 0.2) is 29.6 Å². The number of aromatic amines is 1. The topological polar surface area (TPSA) is 129 Å². The molecular formula is C15H16N6O3S. The van der Waals surface area contributed by atoms with E-state index in [2.05, 4.69) is 25.8 Å². The molecule has 0 saturated heterocycles. The second kappa shape index (κ2) is 6.95. The highest BCUT2D eigenvalue weighted by atomic mass is 32.2. The molecule has 0 saturated carbocycles. The summed E-state index contributed by atoms with van der Waals surface area (Å²) < 4.78 is 1.77. The van der Waals surface area contributed by atoms with Crippen molar-refractivity contribution in [2.75, 3.05) is 11.2 Å². The van der Waals surface area contributed by atoms with Gasteiger partial charge in [0.05, 0.1) is 17.6 Å². The molecule has 3 rings (SSSR count). The third-order valence-corrected chi connectivity index (χ3v) is 4.53. The van der Waals surface area contributed by atoms with Gasteiger partial charge in [0.25, 0.3) is 0 Å². The Morgan fingerprint density at radius 1 is 1.32 bits per heavy atom. The lowest BCUT2D eigenvalue weighted by Gasteiger charge is -2.07. The number of carboxylic acid groups (broad SMARTS) is 1. The number of aliphatic carboxylic acids is 1. The van der Waals surface area contributed by atoms with E-state index >= 15 is 0 Å². The van der Waals surface area contributed by atoms with Gasteiger partial charge in [0.2, 0.25) is 0 Å². The zero-order chi connectivity index (χ0) is 18.0. The van der Waals surface area contributed by atoms with Gasteiger partial charge in [0.15, 0.2) is 11.0 Å². The number of carbonyl (C=O) groups is 1. The lowest BCUT2D eigenvalue weighted by molar-refractivity contribution is -0.133. The SMILES string of the molecule is Cc1c(-c2cc(NO)cc(-c3nnc(SCC(=O)O)[nH]3)c2)cnn1C. The van der Waals surface area contributed by atoms with Crippen LogP contribution in [0.1, 0.15) is 5.69 Å². The zero-order valence-corrected chi connectivity index (χ0v) is 14.3. The molecule has 0 atom stereocenters. The average Bonchev–Trinajstić information content (AvgIpc) is 3.20. The molecule has 0 aliphatic carbocycles. The average molecular weight is 360 g/mol. The monoisotopic (exact) mass is 360 g/mol. The van der Waals surface area contributed by atoms with Crippen molar-refractivity contribution in [2.24, 2.45) is 7.05 Å². The maximum atomic E-state index is 10.6. The number of anilines is 1. The molecule has 2 heterocycles. The fraction of sp³-hybridized carbons (Fsp3) is 0.200. The molecule has 0 unspecified atom stereocenters. The Morgan fingerprint density at radius 3 is 2.72 bits per heavy atom. The highest BCUT2D eigenvalue weighted by molar-refractivity contribution is 7.99. The minimum atomic E-state index is -0.927. The molecule has 25 heavy (non-hydrogen) atoms. The van der Waals surface area contributed by atoms with Crippen molar-refractivity contribution >= 4 is 23.4 Å². The zero-order valence-electron chi connectivity index (χ0n) is 13.5. The third-order valence-electron chi connectivity index (χ3n) is 3.68. The van der Waals surface area contributed by atoms with Gasteiger partial charge in [0, 0.05) is 23.9 Å². The standard InChI is InChI=1S/C15H16N6O3S/c1-8-12(6-16-21(8)2)9-3-10(5-11(4-9)20-24)14-17-15(19-18-14)25-7-13(22)23/h3-6,20,24H,7H2,1-2H3,(H,22,23)(H,17,18,19). The van der Waals surface area contributed by atoms with E-state index in [1.807, 2.05) is 20.0 Å². The largest absolute Gasteiger partial charge is 0.481 e. The van der Waals surface area contributed by atoms with Crippen LogP contribution < -0.4 is 5.48 Å². The fourth-order valence-corrected chi connectivity index (χ4v) is 2.87.